The minimum Gasteiger partial charge on any atom is -0.462 e. The molecule has 1 aliphatic heterocycles. The molecule has 1 atom stereocenters. The molecular formula is C24H24N2O3S2. The number of ether oxygens (including phenoxy) is 1. The largest absolute Gasteiger partial charge is 0.462 e. The molecule has 0 unspecified atom stereocenters. The van der Waals surface area contributed by atoms with Crippen molar-refractivity contribution in [2.45, 2.75) is 31.5 Å². The van der Waals surface area contributed by atoms with Gasteiger partial charge in [0.25, 0.3) is 5.91 Å². The Balaban J connectivity index is 1.79. The van der Waals surface area contributed by atoms with Gasteiger partial charge in [0, 0.05) is 16.3 Å². The van der Waals surface area contributed by atoms with Crippen molar-refractivity contribution in [1.29, 1.82) is 0 Å². The first-order chi connectivity index (χ1) is 15.0. The molecule has 1 aromatic heterocycles. The Morgan fingerprint density at radius 1 is 1.16 bits per heavy atom. The van der Waals surface area contributed by atoms with Gasteiger partial charge >= 0.3 is 5.97 Å². The second-order valence-corrected chi connectivity index (χ2v) is 9.30. The topological polar surface area (TPSA) is 58.6 Å². The molecule has 0 bridgehead atoms. The number of hydrogen-bond acceptors (Lipinski definition) is 6. The highest BCUT2D eigenvalue weighted by Crippen LogP contribution is 2.42. The van der Waals surface area contributed by atoms with Crippen molar-refractivity contribution in [2.75, 3.05) is 18.2 Å². The van der Waals surface area contributed by atoms with Crippen LogP contribution in [-0.2, 0) is 11.3 Å². The smallest absolute Gasteiger partial charge is 0.350 e. The van der Waals surface area contributed by atoms with E-state index in [2.05, 4.69) is 5.32 Å². The highest BCUT2D eigenvalue weighted by Gasteiger charge is 2.38. The van der Waals surface area contributed by atoms with E-state index in [1.54, 1.807) is 18.7 Å². The van der Waals surface area contributed by atoms with Crippen molar-refractivity contribution in [1.82, 2.24) is 4.90 Å². The zero-order chi connectivity index (χ0) is 22.0. The zero-order valence-corrected chi connectivity index (χ0v) is 19.3. The number of nitrogens with one attached hydrogen (secondary N) is 1. The SMILES string of the molecule is CCOC(=O)c1sc(C)c2c1N[C@@H](c1ccc(SC)cc1)N(Cc1ccccc1)C2=O. The van der Waals surface area contributed by atoms with Gasteiger partial charge in [-0.25, -0.2) is 4.79 Å². The van der Waals surface area contributed by atoms with Crippen LogP contribution in [0.5, 0.6) is 0 Å². The van der Waals surface area contributed by atoms with E-state index >= 15 is 0 Å². The molecular weight excluding hydrogens is 428 g/mol. The number of hydrogen-bond donors (Lipinski definition) is 1. The van der Waals surface area contributed by atoms with Crippen LogP contribution in [0.25, 0.3) is 0 Å². The Bertz CT molecular complexity index is 1090. The van der Waals surface area contributed by atoms with E-state index in [-0.39, 0.29) is 12.5 Å². The fourth-order valence-electron chi connectivity index (χ4n) is 3.75. The zero-order valence-electron chi connectivity index (χ0n) is 17.7. The van der Waals surface area contributed by atoms with Crippen LogP contribution in [0, 0.1) is 6.92 Å². The van der Waals surface area contributed by atoms with Crippen LogP contribution in [-0.4, -0.2) is 29.6 Å². The molecule has 1 aliphatic rings. The summed E-state index contributed by atoms with van der Waals surface area (Å²) in [6, 6.07) is 18.1. The van der Waals surface area contributed by atoms with Crippen LogP contribution < -0.4 is 5.32 Å². The van der Waals surface area contributed by atoms with Gasteiger partial charge in [0.15, 0.2) is 0 Å². The number of benzene rings is 2. The summed E-state index contributed by atoms with van der Waals surface area (Å²) in [5.41, 5.74) is 3.15. The van der Waals surface area contributed by atoms with E-state index < -0.39 is 12.1 Å². The Labute approximate surface area is 190 Å². The molecule has 3 aromatic rings. The highest BCUT2D eigenvalue weighted by atomic mass is 32.2. The average molecular weight is 453 g/mol. The number of fused-ring (bicyclic) bond motifs is 1. The van der Waals surface area contributed by atoms with Crippen LogP contribution in [0.2, 0.25) is 0 Å². The van der Waals surface area contributed by atoms with E-state index in [4.69, 9.17) is 4.74 Å². The molecule has 2 heterocycles. The molecule has 0 saturated heterocycles. The third-order valence-electron chi connectivity index (χ3n) is 5.24. The molecule has 31 heavy (non-hydrogen) atoms. The predicted molar refractivity (Wildman–Crippen MR) is 126 cm³/mol. The van der Waals surface area contributed by atoms with Gasteiger partial charge in [0.05, 0.1) is 17.9 Å². The van der Waals surface area contributed by atoms with E-state index in [0.717, 1.165) is 20.9 Å². The second kappa shape index (κ2) is 9.16. The quantitative estimate of drug-likeness (QED) is 0.383. The fraction of sp³-hybridized carbons (Fsp3) is 0.250. The van der Waals surface area contributed by atoms with E-state index in [1.807, 2.05) is 72.7 Å². The molecule has 160 valence electrons. The predicted octanol–water partition coefficient (Wildman–Crippen LogP) is 5.72. The summed E-state index contributed by atoms with van der Waals surface area (Å²) in [7, 11) is 0. The van der Waals surface area contributed by atoms with Gasteiger partial charge in [-0.15, -0.1) is 23.1 Å². The van der Waals surface area contributed by atoms with Crippen LogP contribution in [0.3, 0.4) is 0 Å². The minimum atomic E-state index is -0.398. The Morgan fingerprint density at radius 2 is 1.87 bits per heavy atom. The minimum absolute atomic E-state index is 0.0826. The summed E-state index contributed by atoms with van der Waals surface area (Å²) < 4.78 is 5.24. The van der Waals surface area contributed by atoms with Crippen LogP contribution in [0.1, 0.15) is 49.1 Å². The second-order valence-electron chi connectivity index (χ2n) is 7.20. The van der Waals surface area contributed by atoms with Crippen molar-refractivity contribution >= 4 is 40.7 Å². The van der Waals surface area contributed by atoms with E-state index in [1.165, 1.54) is 11.3 Å². The maximum absolute atomic E-state index is 13.7. The number of carbonyl (C=O) groups excluding carboxylic acids is 2. The average Bonchev–Trinajstić information content (AvgIpc) is 3.13. The standard InChI is InChI=1S/C24H24N2O3S2/c1-4-29-24(28)21-20-19(15(2)31-21)23(27)26(14-16-8-6-5-7-9-16)22(25-20)17-10-12-18(30-3)13-11-17/h5-13,22,25H,4,14H2,1-3H3/t22-/m1/s1. The summed E-state index contributed by atoms with van der Waals surface area (Å²) in [5.74, 6) is -0.481. The van der Waals surface area contributed by atoms with Crippen LogP contribution in [0.15, 0.2) is 59.5 Å². The first-order valence-corrected chi connectivity index (χ1v) is 12.1. The molecule has 2 aromatic carbocycles. The molecule has 4 rings (SSSR count). The molecule has 0 saturated carbocycles. The van der Waals surface area contributed by atoms with E-state index in [0.29, 0.717) is 22.7 Å². The maximum atomic E-state index is 13.7. The molecule has 1 N–H and O–H groups in total. The van der Waals surface area contributed by atoms with Crippen molar-refractivity contribution < 1.29 is 14.3 Å². The molecule has 0 fully saturated rings. The number of nitrogens with zero attached hydrogens (tertiary/aromatic N) is 1. The van der Waals surface area contributed by atoms with Crippen molar-refractivity contribution in [3.8, 4) is 0 Å². The summed E-state index contributed by atoms with van der Waals surface area (Å²) in [5, 5.41) is 3.49. The molecule has 0 spiro atoms. The van der Waals surface area contributed by atoms with Gasteiger partial charge in [-0.05, 0) is 43.4 Å². The highest BCUT2D eigenvalue weighted by molar-refractivity contribution is 7.98. The van der Waals surface area contributed by atoms with Gasteiger partial charge in [-0.3, -0.25) is 4.79 Å². The number of anilines is 1. The molecule has 7 heteroatoms. The van der Waals surface area contributed by atoms with Crippen molar-refractivity contribution in [2.24, 2.45) is 0 Å². The lowest BCUT2D eigenvalue weighted by atomic mass is 10.0. The molecule has 0 radical (unpaired) electrons. The summed E-state index contributed by atoms with van der Waals surface area (Å²) >= 11 is 2.98. The molecule has 5 nitrogen and oxygen atoms in total. The Kier molecular flexibility index (Phi) is 6.34. The molecule has 0 aliphatic carbocycles. The number of carbonyl (C=O) groups is 2. The lowest BCUT2D eigenvalue weighted by Gasteiger charge is -2.38. The monoisotopic (exact) mass is 452 g/mol. The number of thiophene rings is 1. The summed E-state index contributed by atoms with van der Waals surface area (Å²) in [6.45, 7) is 4.41. The van der Waals surface area contributed by atoms with Gasteiger partial charge in [0.1, 0.15) is 11.0 Å². The normalized spacial score (nSPS) is 15.4. The van der Waals surface area contributed by atoms with Crippen LogP contribution >= 0.6 is 23.1 Å². The summed E-state index contributed by atoms with van der Waals surface area (Å²) in [4.78, 5) is 30.5. The first-order valence-electron chi connectivity index (χ1n) is 10.1. The first kappa shape index (κ1) is 21.5. The lowest BCUT2D eigenvalue weighted by Crippen LogP contribution is -2.42. The molecule has 1 amide bonds. The third kappa shape index (κ3) is 4.20. The van der Waals surface area contributed by atoms with Gasteiger partial charge in [-0.1, -0.05) is 42.5 Å². The van der Waals surface area contributed by atoms with Gasteiger partial charge in [0.2, 0.25) is 0 Å². The van der Waals surface area contributed by atoms with Crippen molar-refractivity contribution in [3.63, 3.8) is 0 Å². The van der Waals surface area contributed by atoms with Gasteiger partial charge < -0.3 is 15.0 Å². The number of amides is 1. The van der Waals surface area contributed by atoms with Crippen LogP contribution in [0.4, 0.5) is 5.69 Å². The van der Waals surface area contributed by atoms with Gasteiger partial charge in [-0.2, -0.15) is 0 Å². The summed E-state index contributed by atoms with van der Waals surface area (Å²) in [6.07, 6.45) is 1.64. The Morgan fingerprint density at radius 3 is 2.52 bits per heavy atom. The lowest BCUT2D eigenvalue weighted by molar-refractivity contribution is 0.0532. The fourth-order valence-corrected chi connectivity index (χ4v) is 5.16. The number of rotatable bonds is 6. The van der Waals surface area contributed by atoms with E-state index in [9.17, 15) is 9.59 Å². The Hall–Kier alpha value is -2.77. The number of aryl methyl sites for hydroxylation is 1. The third-order valence-corrected chi connectivity index (χ3v) is 7.07. The van der Waals surface area contributed by atoms with Crippen molar-refractivity contribution in [3.05, 3.63) is 81.0 Å². The maximum Gasteiger partial charge on any atom is 0.350 e. The number of esters is 1. The number of thioether (sulfide) groups is 1.